The highest BCUT2D eigenvalue weighted by atomic mass is 32.2. The molecule has 0 radical (unpaired) electrons. The number of carbonyl (C=O) groups excluding carboxylic acids is 1. The lowest BCUT2D eigenvalue weighted by molar-refractivity contribution is 0.262. The molecular weight excluding hydrogens is 396 g/mol. The van der Waals surface area contributed by atoms with Crippen molar-refractivity contribution in [2.75, 3.05) is 16.0 Å². The van der Waals surface area contributed by atoms with Gasteiger partial charge < -0.3 is 15.6 Å². The first kappa shape index (κ1) is 18.5. The Hall–Kier alpha value is -3.52. The topological polar surface area (TPSA) is 94.7 Å². The van der Waals surface area contributed by atoms with E-state index in [4.69, 9.17) is 0 Å². The van der Waals surface area contributed by atoms with E-state index in [2.05, 4.69) is 37.0 Å². The van der Waals surface area contributed by atoms with E-state index < -0.39 is 0 Å². The molecule has 0 aliphatic heterocycles. The van der Waals surface area contributed by atoms with E-state index in [0.717, 1.165) is 33.7 Å². The molecule has 150 valence electrons. The molecule has 5 rings (SSSR count). The first-order valence-electron chi connectivity index (χ1n) is 9.75. The normalized spacial score (nSPS) is 13.2. The Kier molecular flexibility index (Phi) is 4.98. The quantitative estimate of drug-likeness (QED) is 0.319. The van der Waals surface area contributed by atoms with Crippen molar-refractivity contribution in [2.45, 2.75) is 28.8 Å². The molecule has 2 aromatic heterocycles. The van der Waals surface area contributed by atoms with E-state index in [1.54, 1.807) is 0 Å². The van der Waals surface area contributed by atoms with Crippen molar-refractivity contribution in [1.29, 1.82) is 0 Å². The lowest BCUT2D eigenvalue weighted by Gasteiger charge is -2.11. The molecule has 1 fully saturated rings. The van der Waals surface area contributed by atoms with Crippen LogP contribution in [-0.4, -0.2) is 27.0 Å². The van der Waals surface area contributed by atoms with Gasteiger partial charge in [0.05, 0.1) is 0 Å². The molecule has 0 saturated heterocycles. The van der Waals surface area contributed by atoms with Crippen LogP contribution >= 0.6 is 11.8 Å². The average Bonchev–Trinajstić information content (AvgIpc) is 3.47. The first-order chi connectivity index (χ1) is 14.7. The molecule has 2 aromatic carbocycles. The molecule has 1 aliphatic carbocycles. The highest BCUT2D eigenvalue weighted by Crippen LogP contribution is 2.34. The molecule has 0 bridgehead atoms. The van der Waals surface area contributed by atoms with Gasteiger partial charge in [0.2, 0.25) is 5.95 Å². The number of amides is 2. The summed E-state index contributed by atoms with van der Waals surface area (Å²) in [6, 6.07) is 19.4. The fraction of sp³-hybridized carbons (Fsp3) is 0.136. The van der Waals surface area contributed by atoms with Crippen LogP contribution in [0.1, 0.15) is 12.8 Å². The highest BCUT2D eigenvalue weighted by molar-refractivity contribution is 7.99. The third-order valence-electron chi connectivity index (χ3n) is 4.65. The molecule has 0 spiro atoms. The van der Waals surface area contributed by atoms with E-state index in [-0.39, 0.29) is 12.0 Å². The van der Waals surface area contributed by atoms with Crippen molar-refractivity contribution in [2.24, 2.45) is 0 Å². The fourth-order valence-electron chi connectivity index (χ4n) is 3.07. The van der Waals surface area contributed by atoms with Gasteiger partial charge in [-0.3, -0.25) is 5.32 Å². The number of rotatable bonds is 6. The summed E-state index contributed by atoms with van der Waals surface area (Å²) in [5.41, 5.74) is 1.78. The maximum absolute atomic E-state index is 12.4. The van der Waals surface area contributed by atoms with Gasteiger partial charge in [-0.2, -0.15) is 4.98 Å². The number of carbonyl (C=O) groups is 1. The number of fused-ring (bicyclic) bond motifs is 1. The van der Waals surface area contributed by atoms with E-state index in [1.165, 1.54) is 11.8 Å². The first-order valence-corrected chi connectivity index (χ1v) is 10.6. The number of urea groups is 1. The van der Waals surface area contributed by atoms with Gasteiger partial charge in [0, 0.05) is 39.8 Å². The van der Waals surface area contributed by atoms with Crippen molar-refractivity contribution in [3.8, 4) is 0 Å². The lowest BCUT2D eigenvalue weighted by Crippen LogP contribution is -2.21. The molecule has 30 heavy (non-hydrogen) atoms. The maximum atomic E-state index is 12.4. The Morgan fingerprint density at radius 3 is 2.63 bits per heavy atom. The summed E-state index contributed by atoms with van der Waals surface area (Å²) < 4.78 is 0. The second-order valence-corrected chi connectivity index (χ2v) is 8.14. The van der Waals surface area contributed by atoms with E-state index in [9.17, 15) is 4.79 Å². The van der Waals surface area contributed by atoms with Crippen LogP contribution in [0.5, 0.6) is 0 Å². The van der Waals surface area contributed by atoms with Crippen molar-refractivity contribution in [3.05, 3.63) is 66.9 Å². The Labute approximate surface area is 177 Å². The third kappa shape index (κ3) is 4.38. The molecule has 8 heteroatoms. The Bertz CT molecular complexity index is 1190. The van der Waals surface area contributed by atoms with E-state index in [1.807, 2.05) is 60.8 Å². The number of hydrogen-bond acceptors (Lipinski definition) is 5. The number of hydrogen-bond donors (Lipinski definition) is 4. The minimum Gasteiger partial charge on any atom is -0.367 e. The third-order valence-corrected chi connectivity index (χ3v) is 5.63. The van der Waals surface area contributed by atoms with E-state index >= 15 is 0 Å². The van der Waals surface area contributed by atoms with Crippen molar-refractivity contribution >= 4 is 46.1 Å². The van der Waals surface area contributed by atoms with Gasteiger partial charge >= 0.3 is 6.03 Å². The molecule has 0 atom stereocenters. The molecule has 1 saturated carbocycles. The minimum absolute atomic E-state index is 0.261. The van der Waals surface area contributed by atoms with Gasteiger partial charge in [-0.05, 0) is 31.0 Å². The SMILES string of the molecule is O=C(Nc1ccccc1)Nc1nc(NC2CC2)cc(Sc2c[nH]c3ccccc23)n1. The summed E-state index contributed by atoms with van der Waals surface area (Å²) in [5.74, 6) is 0.973. The van der Waals surface area contributed by atoms with Crippen LogP contribution in [0.25, 0.3) is 10.9 Å². The van der Waals surface area contributed by atoms with Crippen LogP contribution in [0.2, 0.25) is 0 Å². The van der Waals surface area contributed by atoms with Crippen LogP contribution in [-0.2, 0) is 0 Å². The minimum atomic E-state index is -0.382. The molecule has 1 aliphatic rings. The number of nitrogens with one attached hydrogen (secondary N) is 4. The Morgan fingerprint density at radius 1 is 1.00 bits per heavy atom. The molecule has 4 N–H and O–H groups in total. The summed E-state index contributed by atoms with van der Waals surface area (Å²) in [6.45, 7) is 0. The Morgan fingerprint density at radius 2 is 1.80 bits per heavy atom. The van der Waals surface area contributed by atoms with Crippen molar-refractivity contribution in [1.82, 2.24) is 15.0 Å². The van der Waals surface area contributed by atoms with Gasteiger partial charge in [0.1, 0.15) is 10.8 Å². The summed E-state index contributed by atoms with van der Waals surface area (Å²) >= 11 is 1.54. The zero-order valence-corrected chi connectivity index (χ0v) is 16.9. The summed E-state index contributed by atoms with van der Waals surface area (Å²) in [7, 11) is 0. The number of H-pyrrole nitrogens is 1. The molecular formula is C22H20N6OS. The van der Waals surface area contributed by atoms with Gasteiger partial charge in [-0.1, -0.05) is 48.2 Å². The second kappa shape index (κ2) is 8.08. The number of benzene rings is 2. The van der Waals surface area contributed by atoms with Crippen LogP contribution in [0.3, 0.4) is 0 Å². The smallest absolute Gasteiger partial charge is 0.326 e. The van der Waals surface area contributed by atoms with Gasteiger partial charge in [-0.25, -0.2) is 9.78 Å². The standard InChI is InChI=1S/C22H20N6OS/c29-22(25-14-6-2-1-3-7-14)28-21-26-19(24-15-10-11-15)12-20(27-21)30-18-13-23-17-9-5-4-8-16(17)18/h1-9,12-13,15,23H,10-11H2,(H3,24,25,26,27,28,29). The monoisotopic (exact) mass is 416 g/mol. The zero-order chi connectivity index (χ0) is 20.3. The van der Waals surface area contributed by atoms with Crippen LogP contribution in [0.15, 0.2) is 76.8 Å². The number of para-hydroxylation sites is 2. The van der Waals surface area contributed by atoms with Gasteiger partial charge in [-0.15, -0.1) is 0 Å². The maximum Gasteiger partial charge on any atom is 0.326 e. The highest BCUT2D eigenvalue weighted by Gasteiger charge is 2.22. The van der Waals surface area contributed by atoms with Crippen LogP contribution in [0.4, 0.5) is 22.2 Å². The predicted molar refractivity (Wildman–Crippen MR) is 120 cm³/mol. The number of aromatic nitrogens is 3. The van der Waals surface area contributed by atoms with Crippen LogP contribution in [0, 0.1) is 0 Å². The molecule has 2 amide bonds. The number of nitrogens with zero attached hydrogens (tertiary/aromatic N) is 2. The van der Waals surface area contributed by atoms with Gasteiger partial charge in [0.15, 0.2) is 0 Å². The molecule has 0 unspecified atom stereocenters. The largest absolute Gasteiger partial charge is 0.367 e. The molecule has 4 aromatic rings. The summed E-state index contributed by atoms with van der Waals surface area (Å²) in [6.07, 6.45) is 4.24. The predicted octanol–water partition coefficient (Wildman–Crippen LogP) is 5.33. The Balaban J connectivity index is 1.38. The fourth-order valence-corrected chi connectivity index (χ4v) is 4.01. The van der Waals surface area contributed by atoms with Crippen LogP contribution < -0.4 is 16.0 Å². The number of anilines is 3. The lowest BCUT2D eigenvalue weighted by atomic mass is 10.2. The number of aromatic amines is 1. The average molecular weight is 417 g/mol. The van der Waals surface area contributed by atoms with Gasteiger partial charge in [0.25, 0.3) is 0 Å². The zero-order valence-electron chi connectivity index (χ0n) is 16.1. The molecule has 7 nitrogen and oxygen atoms in total. The van der Waals surface area contributed by atoms with Crippen molar-refractivity contribution < 1.29 is 4.79 Å². The second-order valence-electron chi connectivity index (χ2n) is 7.08. The van der Waals surface area contributed by atoms with Crippen molar-refractivity contribution in [3.63, 3.8) is 0 Å². The molecule has 2 heterocycles. The van der Waals surface area contributed by atoms with E-state index in [0.29, 0.717) is 17.5 Å². The summed E-state index contributed by atoms with van der Waals surface area (Å²) in [4.78, 5) is 25.8. The summed E-state index contributed by atoms with van der Waals surface area (Å²) in [5, 5.41) is 10.8.